The van der Waals surface area contributed by atoms with E-state index in [1.165, 1.54) is 250 Å². The highest BCUT2D eigenvalue weighted by Crippen LogP contribution is 2.38. The molecule has 0 aromatic heterocycles. The zero-order valence-corrected chi connectivity index (χ0v) is 51.4. The van der Waals surface area contributed by atoms with Crippen molar-refractivity contribution >= 4 is 13.7 Å². The number of phosphoric ester groups is 1. The predicted molar refractivity (Wildman–Crippen MR) is 325 cm³/mol. The third kappa shape index (κ3) is 60.0. The van der Waals surface area contributed by atoms with Gasteiger partial charge in [0.25, 0.3) is 7.82 Å². The van der Waals surface area contributed by atoms with Gasteiger partial charge in [0, 0.05) is 6.42 Å². The zero-order chi connectivity index (χ0) is 54.9. The lowest BCUT2D eigenvalue weighted by molar-refractivity contribution is -0.870. The molecule has 1 amide bonds. The summed E-state index contributed by atoms with van der Waals surface area (Å²) in [5, 5.41) is 13.8. The minimum atomic E-state index is -4.60. The van der Waals surface area contributed by atoms with Crippen molar-refractivity contribution in [3.63, 3.8) is 0 Å². The fourth-order valence-electron chi connectivity index (χ4n) is 9.67. The second-order valence-electron chi connectivity index (χ2n) is 23.5. The van der Waals surface area contributed by atoms with E-state index in [1.807, 2.05) is 27.2 Å². The molecule has 0 rings (SSSR count). The van der Waals surface area contributed by atoms with Crippen molar-refractivity contribution in [2.24, 2.45) is 0 Å². The van der Waals surface area contributed by atoms with E-state index < -0.39 is 20.0 Å². The Morgan fingerprint density at radius 1 is 0.467 bits per heavy atom. The standard InChI is InChI=1S/C66H127N2O6P/c1-6-8-10-12-14-16-18-20-22-23-24-25-26-27-28-29-30-31-32-33-34-35-36-37-38-39-40-41-42-43-44-45-46-48-50-52-54-56-58-60-66(70)67-64(63-74-75(71,72)73-62-61-68(3,4)5)65(69)59-57-55-53-51-49-47-21-19-17-15-13-11-9-7-2/h18,20,23-24,49,51,57,59,64-65,69H,6-17,19,21-22,25-48,50,52-56,58,60-63H2,1-5H3,(H-,67,70,71,72)/b20-18-,24-23-,51-49+,59-57+. The zero-order valence-electron chi connectivity index (χ0n) is 50.5. The fourth-order valence-corrected chi connectivity index (χ4v) is 10.4. The van der Waals surface area contributed by atoms with Gasteiger partial charge >= 0.3 is 0 Å². The molecule has 0 heterocycles. The monoisotopic (exact) mass is 1070 g/mol. The summed E-state index contributed by atoms with van der Waals surface area (Å²) in [6, 6.07) is -0.901. The van der Waals surface area contributed by atoms with Gasteiger partial charge in [0.1, 0.15) is 13.2 Å². The molecule has 2 N–H and O–H groups in total. The van der Waals surface area contributed by atoms with Crippen molar-refractivity contribution in [1.82, 2.24) is 5.32 Å². The van der Waals surface area contributed by atoms with Crippen LogP contribution in [0.3, 0.4) is 0 Å². The van der Waals surface area contributed by atoms with Gasteiger partial charge in [-0.25, -0.2) is 0 Å². The SMILES string of the molecule is CCCCCCC/C=C\C/C=C\CCCCCCCCCCCCCCCCCCCCCCCCCCCCCC(=O)NC(COP(=O)([O-])OCC[N+](C)(C)C)C(O)/C=C/CC/C=C/CCCCCCCCCC. The second-order valence-corrected chi connectivity index (χ2v) is 24.9. The molecule has 0 aromatic carbocycles. The van der Waals surface area contributed by atoms with E-state index in [1.54, 1.807) is 6.08 Å². The Balaban J connectivity index is 3.89. The molecular formula is C66H127N2O6P. The van der Waals surface area contributed by atoms with Crippen LogP contribution in [0.15, 0.2) is 48.6 Å². The Bertz CT molecular complexity index is 1360. The number of quaternary nitrogens is 1. The van der Waals surface area contributed by atoms with Crippen LogP contribution in [0.4, 0.5) is 0 Å². The van der Waals surface area contributed by atoms with Gasteiger partial charge in [-0.05, 0) is 64.2 Å². The van der Waals surface area contributed by atoms with Crippen LogP contribution in [-0.4, -0.2) is 68.5 Å². The van der Waals surface area contributed by atoms with Crippen molar-refractivity contribution in [3.8, 4) is 0 Å². The van der Waals surface area contributed by atoms with E-state index in [9.17, 15) is 19.4 Å². The average molecular weight is 1080 g/mol. The third-order valence-corrected chi connectivity index (χ3v) is 15.7. The summed E-state index contributed by atoms with van der Waals surface area (Å²) in [4.78, 5) is 25.5. The lowest BCUT2D eigenvalue weighted by Crippen LogP contribution is -2.45. The molecule has 0 radical (unpaired) electrons. The van der Waals surface area contributed by atoms with Gasteiger partial charge in [-0.15, -0.1) is 0 Å². The van der Waals surface area contributed by atoms with E-state index in [4.69, 9.17) is 9.05 Å². The summed E-state index contributed by atoms with van der Waals surface area (Å²) in [6.07, 6.45) is 76.7. The maximum Gasteiger partial charge on any atom is 0.268 e. The highest BCUT2D eigenvalue weighted by Gasteiger charge is 2.23. The van der Waals surface area contributed by atoms with Crippen LogP contribution in [0.2, 0.25) is 0 Å². The lowest BCUT2D eigenvalue weighted by Gasteiger charge is -2.29. The number of aliphatic hydroxyl groups is 1. The number of carbonyl (C=O) groups excluding carboxylic acids is 1. The van der Waals surface area contributed by atoms with E-state index in [2.05, 4.69) is 55.6 Å². The first-order chi connectivity index (χ1) is 36.5. The van der Waals surface area contributed by atoms with Gasteiger partial charge < -0.3 is 28.8 Å². The van der Waals surface area contributed by atoms with Crippen LogP contribution >= 0.6 is 7.82 Å². The largest absolute Gasteiger partial charge is 0.756 e. The Kier molecular flexibility index (Phi) is 56.0. The van der Waals surface area contributed by atoms with Crippen molar-refractivity contribution in [1.29, 1.82) is 0 Å². The number of phosphoric acid groups is 1. The number of nitrogens with zero attached hydrogens (tertiary/aromatic N) is 1. The number of hydrogen-bond donors (Lipinski definition) is 2. The van der Waals surface area contributed by atoms with Gasteiger partial charge in [0.15, 0.2) is 0 Å². The molecule has 75 heavy (non-hydrogen) atoms. The summed E-state index contributed by atoms with van der Waals surface area (Å²) in [5.41, 5.74) is 0. The molecule has 0 aliphatic rings. The highest BCUT2D eigenvalue weighted by atomic mass is 31.2. The molecule has 8 nitrogen and oxygen atoms in total. The van der Waals surface area contributed by atoms with Crippen LogP contribution in [0.1, 0.15) is 316 Å². The lowest BCUT2D eigenvalue weighted by atomic mass is 10.0. The number of unbranched alkanes of at least 4 members (excludes halogenated alkanes) is 41. The molecule has 0 aliphatic carbocycles. The number of hydrogen-bond acceptors (Lipinski definition) is 6. The number of amides is 1. The van der Waals surface area contributed by atoms with Crippen LogP contribution in [0.5, 0.6) is 0 Å². The average Bonchev–Trinajstić information content (AvgIpc) is 3.37. The molecule has 0 spiro atoms. The van der Waals surface area contributed by atoms with Crippen LogP contribution in [0.25, 0.3) is 0 Å². The molecule has 3 atom stereocenters. The Labute approximate surface area is 467 Å². The molecule has 0 fully saturated rings. The van der Waals surface area contributed by atoms with Crippen molar-refractivity contribution in [3.05, 3.63) is 48.6 Å². The quantitative estimate of drug-likeness (QED) is 0.0272. The number of aliphatic hydroxyl groups excluding tert-OH is 1. The summed E-state index contributed by atoms with van der Waals surface area (Å²) < 4.78 is 23.3. The van der Waals surface area contributed by atoms with Crippen molar-refractivity contribution in [2.75, 3.05) is 40.9 Å². The van der Waals surface area contributed by atoms with Crippen LogP contribution in [0, 0.1) is 0 Å². The van der Waals surface area contributed by atoms with Gasteiger partial charge in [-0.1, -0.05) is 294 Å². The Morgan fingerprint density at radius 3 is 1.16 bits per heavy atom. The maximum absolute atomic E-state index is 13.0. The normalized spacial score (nSPS) is 14.1. The molecule has 442 valence electrons. The first kappa shape index (κ1) is 73.5. The summed E-state index contributed by atoms with van der Waals surface area (Å²) >= 11 is 0. The molecule has 0 aliphatic heterocycles. The molecule has 0 bridgehead atoms. The highest BCUT2D eigenvalue weighted by molar-refractivity contribution is 7.45. The van der Waals surface area contributed by atoms with E-state index in [-0.39, 0.29) is 19.1 Å². The third-order valence-electron chi connectivity index (χ3n) is 14.8. The fraction of sp³-hybridized carbons (Fsp3) is 0.864. The van der Waals surface area contributed by atoms with Crippen LogP contribution < -0.4 is 10.2 Å². The number of rotatable bonds is 60. The molecule has 3 unspecified atom stereocenters. The van der Waals surface area contributed by atoms with E-state index in [0.717, 1.165) is 44.9 Å². The summed E-state index contributed by atoms with van der Waals surface area (Å²) in [5.74, 6) is -0.203. The summed E-state index contributed by atoms with van der Waals surface area (Å²) in [7, 11) is 1.25. The van der Waals surface area contributed by atoms with Gasteiger partial charge in [0.2, 0.25) is 5.91 Å². The molecule has 0 aromatic rings. The second kappa shape index (κ2) is 57.2. The number of likely N-dealkylation sites (N-methyl/N-ethyl adjacent to an activating group) is 1. The Morgan fingerprint density at radius 2 is 0.787 bits per heavy atom. The van der Waals surface area contributed by atoms with Crippen molar-refractivity contribution < 1.29 is 32.9 Å². The minimum absolute atomic E-state index is 0.00511. The van der Waals surface area contributed by atoms with Gasteiger partial charge in [0.05, 0.1) is 39.9 Å². The molecule has 0 saturated carbocycles. The molecule has 9 heteroatoms. The van der Waals surface area contributed by atoms with E-state index >= 15 is 0 Å². The predicted octanol–water partition coefficient (Wildman–Crippen LogP) is 19.6. The molecular weight excluding hydrogens is 948 g/mol. The number of allylic oxidation sites excluding steroid dienone is 7. The van der Waals surface area contributed by atoms with Crippen molar-refractivity contribution in [2.45, 2.75) is 328 Å². The Hall–Kier alpha value is -1.54. The first-order valence-electron chi connectivity index (χ1n) is 32.5. The van der Waals surface area contributed by atoms with Gasteiger partial charge in [-0.2, -0.15) is 0 Å². The summed E-state index contributed by atoms with van der Waals surface area (Å²) in [6.45, 7) is 4.64. The number of nitrogens with one attached hydrogen (secondary N) is 1. The minimum Gasteiger partial charge on any atom is -0.756 e. The topological polar surface area (TPSA) is 108 Å². The maximum atomic E-state index is 13.0. The molecule has 0 saturated heterocycles. The van der Waals surface area contributed by atoms with E-state index in [0.29, 0.717) is 17.4 Å². The first-order valence-corrected chi connectivity index (χ1v) is 34.0. The smallest absolute Gasteiger partial charge is 0.268 e. The van der Waals surface area contributed by atoms with Crippen LogP contribution in [-0.2, 0) is 18.4 Å². The number of carbonyl (C=O) groups is 1. The van der Waals surface area contributed by atoms with Gasteiger partial charge in [-0.3, -0.25) is 9.36 Å².